The highest BCUT2D eigenvalue weighted by Gasteiger charge is 2.17. The number of aryl methyl sites for hydroxylation is 1. The summed E-state index contributed by atoms with van der Waals surface area (Å²) in [7, 11) is 0. The van der Waals surface area contributed by atoms with E-state index >= 15 is 0 Å². The SMILES string of the molecule is CCCN1CCCc2cc(CCNC(=O)C(=O)Nc3ccc(F)c(Cl)c3)ccc21. The lowest BCUT2D eigenvalue weighted by atomic mass is 9.98. The van der Waals surface area contributed by atoms with Crippen LogP contribution in [-0.2, 0) is 22.4 Å². The minimum atomic E-state index is -0.812. The molecule has 0 atom stereocenters. The Hall–Kier alpha value is -2.60. The first-order valence-electron chi connectivity index (χ1n) is 9.89. The number of nitrogens with one attached hydrogen (secondary N) is 2. The van der Waals surface area contributed by atoms with Gasteiger partial charge in [0.1, 0.15) is 5.82 Å². The van der Waals surface area contributed by atoms with Crippen LogP contribution in [0.15, 0.2) is 36.4 Å². The van der Waals surface area contributed by atoms with Crippen LogP contribution in [0.1, 0.15) is 30.9 Å². The molecular weight excluding hydrogens is 393 g/mol. The van der Waals surface area contributed by atoms with Gasteiger partial charge in [-0.05, 0) is 61.1 Å². The zero-order valence-corrected chi connectivity index (χ0v) is 17.2. The molecule has 29 heavy (non-hydrogen) atoms. The summed E-state index contributed by atoms with van der Waals surface area (Å²) >= 11 is 5.68. The maximum atomic E-state index is 13.2. The molecule has 7 heteroatoms. The van der Waals surface area contributed by atoms with E-state index in [9.17, 15) is 14.0 Å². The summed E-state index contributed by atoms with van der Waals surface area (Å²) in [5.74, 6) is -2.14. The molecule has 154 valence electrons. The molecule has 0 saturated carbocycles. The number of hydrogen-bond donors (Lipinski definition) is 2. The summed E-state index contributed by atoms with van der Waals surface area (Å²) in [6, 6.07) is 10.2. The molecule has 0 aliphatic carbocycles. The molecule has 0 aromatic heterocycles. The highest BCUT2D eigenvalue weighted by atomic mass is 35.5. The van der Waals surface area contributed by atoms with E-state index < -0.39 is 17.6 Å². The summed E-state index contributed by atoms with van der Waals surface area (Å²) in [6.45, 7) is 4.71. The predicted molar refractivity (Wildman–Crippen MR) is 114 cm³/mol. The third-order valence-electron chi connectivity index (χ3n) is 4.94. The van der Waals surface area contributed by atoms with Crippen LogP contribution in [0, 0.1) is 5.82 Å². The van der Waals surface area contributed by atoms with Crippen LogP contribution in [-0.4, -0.2) is 31.4 Å². The monoisotopic (exact) mass is 417 g/mol. The third-order valence-corrected chi connectivity index (χ3v) is 5.22. The first-order valence-corrected chi connectivity index (χ1v) is 10.3. The number of carbonyl (C=O) groups is 2. The van der Waals surface area contributed by atoms with Crippen molar-refractivity contribution in [2.45, 2.75) is 32.6 Å². The topological polar surface area (TPSA) is 61.4 Å². The minimum Gasteiger partial charge on any atom is -0.371 e. The van der Waals surface area contributed by atoms with Gasteiger partial charge in [0.15, 0.2) is 0 Å². The zero-order chi connectivity index (χ0) is 20.8. The average molecular weight is 418 g/mol. The second kappa shape index (κ2) is 9.74. The molecule has 1 aliphatic heterocycles. The third kappa shape index (κ3) is 5.48. The lowest BCUT2D eigenvalue weighted by molar-refractivity contribution is -0.136. The first-order chi connectivity index (χ1) is 14.0. The minimum absolute atomic E-state index is 0.117. The maximum Gasteiger partial charge on any atom is 0.313 e. The smallest absolute Gasteiger partial charge is 0.313 e. The number of hydrogen-bond acceptors (Lipinski definition) is 3. The molecule has 2 amide bonds. The lowest BCUT2D eigenvalue weighted by Crippen LogP contribution is -2.36. The van der Waals surface area contributed by atoms with Crippen LogP contribution in [0.5, 0.6) is 0 Å². The second-order valence-electron chi connectivity index (χ2n) is 7.14. The van der Waals surface area contributed by atoms with E-state index in [-0.39, 0.29) is 10.7 Å². The summed E-state index contributed by atoms with van der Waals surface area (Å²) in [4.78, 5) is 26.4. The molecule has 0 unspecified atom stereocenters. The molecule has 0 spiro atoms. The van der Waals surface area contributed by atoms with E-state index in [0.717, 1.165) is 44.0 Å². The standard InChI is InChI=1S/C22H25ClFN3O2/c1-2-11-27-12-3-4-16-13-15(5-8-20(16)27)9-10-25-21(28)22(29)26-17-6-7-19(24)18(23)14-17/h5-8,13-14H,2-4,9-12H2,1H3,(H,25,28)(H,26,29). The van der Waals surface area contributed by atoms with Crippen LogP contribution in [0.25, 0.3) is 0 Å². The number of anilines is 2. The second-order valence-corrected chi connectivity index (χ2v) is 7.55. The molecular formula is C22H25ClFN3O2. The molecule has 1 heterocycles. The molecule has 5 nitrogen and oxygen atoms in total. The quantitative estimate of drug-likeness (QED) is 0.700. The molecule has 2 aromatic carbocycles. The van der Waals surface area contributed by atoms with Crippen molar-refractivity contribution in [2.75, 3.05) is 29.9 Å². The van der Waals surface area contributed by atoms with Gasteiger partial charge < -0.3 is 15.5 Å². The van der Waals surface area contributed by atoms with Crippen molar-refractivity contribution in [1.82, 2.24) is 5.32 Å². The van der Waals surface area contributed by atoms with Gasteiger partial charge in [-0.15, -0.1) is 0 Å². The van der Waals surface area contributed by atoms with Crippen molar-refractivity contribution in [1.29, 1.82) is 0 Å². The number of benzene rings is 2. The van der Waals surface area contributed by atoms with E-state index in [1.54, 1.807) is 0 Å². The van der Waals surface area contributed by atoms with Crippen LogP contribution < -0.4 is 15.5 Å². The Kier molecular flexibility index (Phi) is 7.09. The molecule has 0 fully saturated rings. The Morgan fingerprint density at radius 1 is 1.17 bits per heavy atom. The number of carbonyl (C=O) groups excluding carboxylic acids is 2. The van der Waals surface area contributed by atoms with Crippen LogP contribution in [0.2, 0.25) is 5.02 Å². The molecule has 0 radical (unpaired) electrons. The lowest BCUT2D eigenvalue weighted by Gasteiger charge is -2.31. The van der Waals surface area contributed by atoms with E-state index in [1.807, 2.05) is 0 Å². The molecule has 0 bridgehead atoms. The van der Waals surface area contributed by atoms with E-state index in [1.165, 1.54) is 23.4 Å². The number of nitrogens with zero attached hydrogens (tertiary/aromatic N) is 1. The van der Waals surface area contributed by atoms with Gasteiger partial charge in [0, 0.05) is 31.0 Å². The molecule has 2 N–H and O–H groups in total. The van der Waals surface area contributed by atoms with Gasteiger partial charge >= 0.3 is 11.8 Å². The van der Waals surface area contributed by atoms with Gasteiger partial charge in [-0.25, -0.2) is 4.39 Å². The summed E-state index contributed by atoms with van der Waals surface area (Å²) in [5.41, 5.74) is 4.05. The van der Waals surface area contributed by atoms with Gasteiger partial charge in [0.05, 0.1) is 5.02 Å². The normalized spacial score (nSPS) is 13.0. The van der Waals surface area contributed by atoms with Gasteiger partial charge in [-0.1, -0.05) is 30.7 Å². The fraction of sp³-hybridized carbons (Fsp3) is 0.364. The number of halogens is 2. The summed E-state index contributed by atoms with van der Waals surface area (Å²) in [5, 5.41) is 4.91. The average Bonchev–Trinajstić information content (AvgIpc) is 2.71. The van der Waals surface area contributed by atoms with Gasteiger partial charge in [0.2, 0.25) is 0 Å². The van der Waals surface area contributed by atoms with Crippen LogP contribution >= 0.6 is 11.6 Å². The number of rotatable bonds is 6. The fourth-order valence-electron chi connectivity index (χ4n) is 3.55. The van der Waals surface area contributed by atoms with Crippen molar-refractivity contribution in [3.05, 3.63) is 58.4 Å². The molecule has 2 aromatic rings. The molecule has 1 aliphatic rings. The van der Waals surface area contributed by atoms with Crippen molar-refractivity contribution < 1.29 is 14.0 Å². The van der Waals surface area contributed by atoms with Gasteiger partial charge in [-0.2, -0.15) is 0 Å². The Bertz CT molecular complexity index is 904. The number of amides is 2. The van der Waals surface area contributed by atoms with Crippen molar-refractivity contribution in [2.24, 2.45) is 0 Å². The van der Waals surface area contributed by atoms with Crippen LogP contribution in [0.3, 0.4) is 0 Å². The fourth-order valence-corrected chi connectivity index (χ4v) is 3.73. The Balaban J connectivity index is 1.51. The van der Waals surface area contributed by atoms with E-state index in [4.69, 9.17) is 11.6 Å². The largest absolute Gasteiger partial charge is 0.371 e. The van der Waals surface area contributed by atoms with Crippen molar-refractivity contribution >= 4 is 34.8 Å². The van der Waals surface area contributed by atoms with Gasteiger partial charge in [0.25, 0.3) is 0 Å². The molecule has 0 saturated heterocycles. The highest BCUT2D eigenvalue weighted by molar-refractivity contribution is 6.39. The predicted octanol–water partition coefficient (Wildman–Crippen LogP) is 3.94. The summed E-state index contributed by atoms with van der Waals surface area (Å²) in [6.07, 6.45) is 3.99. The maximum absolute atomic E-state index is 13.2. The summed E-state index contributed by atoms with van der Waals surface area (Å²) < 4.78 is 13.2. The highest BCUT2D eigenvalue weighted by Crippen LogP contribution is 2.28. The van der Waals surface area contributed by atoms with E-state index in [0.29, 0.717) is 13.0 Å². The van der Waals surface area contributed by atoms with Crippen molar-refractivity contribution in [3.63, 3.8) is 0 Å². The first kappa shape index (κ1) is 21.1. The Morgan fingerprint density at radius 2 is 2.00 bits per heavy atom. The van der Waals surface area contributed by atoms with Gasteiger partial charge in [-0.3, -0.25) is 9.59 Å². The van der Waals surface area contributed by atoms with Crippen molar-refractivity contribution in [3.8, 4) is 0 Å². The van der Waals surface area contributed by atoms with Crippen LogP contribution in [0.4, 0.5) is 15.8 Å². The number of fused-ring (bicyclic) bond motifs is 1. The Labute approximate surface area is 175 Å². The Morgan fingerprint density at radius 3 is 2.76 bits per heavy atom. The zero-order valence-electron chi connectivity index (χ0n) is 16.4. The van der Waals surface area contributed by atoms with E-state index in [2.05, 4.69) is 40.7 Å². The molecule has 3 rings (SSSR count).